The molecule has 7 heteroatoms. The summed E-state index contributed by atoms with van der Waals surface area (Å²) in [5.74, 6) is 1.11. The number of rotatable bonds is 8. The number of carbonyl (C=O) groups is 2. The van der Waals surface area contributed by atoms with Crippen LogP contribution >= 0.6 is 0 Å². The summed E-state index contributed by atoms with van der Waals surface area (Å²) in [6.45, 7) is 2.67. The Balaban J connectivity index is 1.87. The number of likely N-dealkylation sites (N-methyl/N-ethyl adjacent to an activating group) is 1. The zero-order valence-electron chi connectivity index (χ0n) is 14.9. The van der Waals surface area contributed by atoms with Crippen LogP contribution in [0.25, 0.3) is 0 Å². The maximum Gasteiger partial charge on any atom is 0.257 e. The lowest BCUT2D eigenvalue weighted by atomic mass is 9.96. The summed E-state index contributed by atoms with van der Waals surface area (Å²) in [6, 6.07) is 4.93. The van der Waals surface area contributed by atoms with Gasteiger partial charge in [-0.3, -0.25) is 9.59 Å². The first-order valence-electron chi connectivity index (χ1n) is 8.64. The van der Waals surface area contributed by atoms with Crippen LogP contribution in [0.15, 0.2) is 18.2 Å². The van der Waals surface area contributed by atoms with E-state index in [0.29, 0.717) is 29.5 Å². The van der Waals surface area contributed by atoms with Crippen molar-refractivity contribution in [3.8, 4) is 11.5 Å². The monoisotopic (exact) mass is 349 g/mol. The molecule has 2 amide bonds. The maximum atomic E-state index is 12.3. The van der Waals surface area contributed by atoms with Gasteiger partial charge in [0.05, 0.1) is 7.11 Å². The van der Waals surface area contributed by atoms with E-state index in [1.807, 2.05) is 0 Å². The van der Waals surface area contributed by atoms with Crippen molar-refractivity contribution >= 4 is 11.8 Å². The van der Waals surface area contributed by atoms with Crippen molar-refractivity contribution in [1.82, 2.24) is 16.0 Å². The van der Waals surface area contributed by atoms with Gasteiger partial charge in [0, 0.05) is 19.2 Å². The number of hydrogen-bond acceptors (Lipinski definition) is 5. The number of hydrogen-bond donors (Lipinski definition) is 3. The Labute approximate surface area is 148 Å². The van der Waals surface area contributed by atoms with E-state index in [4.69, 9.17) is 9.47 Å². The van der Waals surface area contributed by atoms with Gasteiger partial charge in [-0.1, -0.05) is 0 Å². The molecule has 3 N–H and O–H groups in total. The number of amides is 2. The van der Waals surface area contributed by atoms with E-state index in [1.165, 1.54) is 20.0 Å². The van der Waals surface area contributed by atoms with Crippen LogP contribution in [0.1, 0.15) is 29.6 Å². The van der Waals surface area contributed by atoms with Gasteiger partial charge in [0.25, 0.3) is 11.8 Å². The van der Waals surface area contributed by atoms with E-state index in [9.17, 15) is 9.59 Å². The average molecular weight is 349 g/mol. The van der Waals surface area contributed by atoms with Gasteiger partial charge in [0.2, 0.25) is 0 Å². The molecule has 1 aromatic rings. The normalized spacial score (nSPS) is 16.8. The Morgan fingerprint density at radius 1 is 1.32 bits per heavy atom. The maximum absolute atomic E-state index is 12.3. The van der Waals surface area contributed by atoms with Gasteiger partial charge in [-0.2, -0.15) is 0 Å². The molecule has 7 nitrogen and oxygen atoms in total. The minimum atomic E-state index is -0.235. The summed E-state index contributed by atoms with van der Waals surface area (Å²) < 4.78 is 10.7. The summed E-state index contributed by atoms with van der Waals surface area (Å²) in [4.78, 5) is 23.6. The van der Waals surface area contributed by atoms with Crippen molar-refractivity contribution in [1.29, 1.82) is 0 Å². The van der Waals surface area contributed by atoms with Gasteiger partial charge < -0.3 is 25.4 Å². The van der Waals surface area contributed by atoms with E-state index in [0.717, 1.165) is 19.5 Å². The highest BCUT2D eigenvalue weighted by Gasteiger charge is 2.15. The third-order valence-corrected chi connectivity index (χ3v) is 4.30. The first kappa shape index (κ1) is 19.1. The zero-order chi connectivity index (χ0) is 18.1. The molecule has 1 aromatic carbocycles. The summed E-state index contributed by atoms with van der Waals surface area (Å²) in [5.41, 5.74) is 0.505. The van der Waals surface area contributed by atoms with Gasteiger partial charge in [0.1, 0.15) is 0 Å². The Kier molecular flexibility index (Phi) is 7.53. The van der Waals surface area contributed by atoms with Gasteiger partial charge >= 0.3 is 0 Å². The van der Waals surface area contributed by atoms with E-state index >= 15 is 0 Å². The summed E-state index contributed by atoms with van der Waals surface area (Å²) in [6.07, 6.45) is 3.39. The van der Waals surface area contributed by atoms with Gasteiger partial charge in [-0.05, 0) is 56.5 Å². The lowest BCUT2D eigenvalue weighted by Crippen LogP contribution is -2.33. The van der Waals surface area contributed by atoms with Crippen molar-refractivity contribution in [3.05, 3.63) is 23.8 Å². The number of methoxy groups -OCH3 is 1. The molecule has 2 rings (SSSR count). The summed E-state index contributed by atoms with van der Waals surface area (Å²) >= 11 is 0. The summed E-state index contributed by atoms with van der Waals surface area (Å²) in [7, 11) is 3.04. The highest BCUT2D eigenvalue weighted by molar-refractivity contribution is 5.94. The van der Waals surface area contributed by atoms with E-state index in [2.05, 4.69) is 16.0 Å². The molecule has 0 bridgehead atoms. The number of piperidine rings is 1. The minimum absolute atomic E-state index is 0.103. The molecule has 1 aliphatic rings. The Morgan fingerprint density at radius 2 is 2.16 bits per heavy atom. The van der Waals surface area contributed by atoms with Crippen LogP contribution in [0, 0.1) is 5.92 Å². The van der Waals surface area contributed by atoms with Crippen LogP contribution in [0.3, 0.4) is 0 Å². The molecule has 0 spiro atoms. The number of carbonyl (C=O) groups excluding carboxylic acids is 2. The lowest BCUT2D eigenvalue weighted by Gasteiger charge is -2.22. The highest BCUT2D eigenvalue weighted by Crippen LogP contribution is 2.28. The fraction of sp³-hybridized carbons (Fsp3) is 0.556. The molecule has 1 atom stereocenters. The van der Waals surface area contributed by atoms with Crippen LogP contribution in [0.4, 0.5) is 0 Å². The molecule has 0 aliphatic carbocycles. The Hall–Kier alpha value is -2.28. The van der Waals surface area contributed by atoms with Gasteiger partial charge in [-0.25, -0.2) is 0 Å². The molecule has 1 saturated heterocycles. The minimum Gasteiger partial charge on any atom is -0.493 e. The topological polar surface area (TPSA) is 88.7 Å². The van der Waals surface area contributed by atoms with Crippen LogP contribution in [-0.2, 0) is 4.79 Å². The van der Waals surface area contributed by atoms with E-state index in [1.54, 1.807) is 25.2 Å². The largest absolute Gasteiger partial charge is 0.493 e. The fourth-order valence-corrected chi connectivity index (χ4v) is 2.81. The fourth-order valence-electron chi connectivity index (χ4n) is 2.81. The number of ether oxygens (including phenoxy) is 2. The first-order valence-corrected chi connectivity index (χ1v) is 8.64. The molecule has 0 saturated carbocycles. The number of benzene rings is 1. The summed E-state index contributed by atoms with van der Waals surface area (Å²) in [5, 5.41) is 8.81. The smallest absolute Gasteiger partial charge is 0.257 e. The van der Waals surface area contributed by atoms with Crippen molar-refractivity contribution in [2.24, 2.45) is 5.92 Å². The van der Waals surface area contributed by atoms with E-state index < -0.39 is 0 Å². The predicted molar refractivity (Wildman–Crippen MR) is 95.1 cm³/mol. The standard InChI is InChI=1S/C18H27N3O4/c1-19-17(22)12-25-15-6-5-14(10-16(15)24-2)18(23)21-9-7-13-4-3-8-20-11-13/h5-6,10,13,20H,3-4,7-9,11-12H2,1-2H3,(H,19,22)(H,21,23). The second-order valence-electron chi connectivity index (χ2n) is 6.08. The highest BCUT2D eigenvalue weighted by atomic mass is 16.5. The SMILES string of the molecule is CNC(=O)COc1ccc(C(=O)NCCC2CCCNC2)cc1OC. The van der Waals surface area contributed by atoms with Crippen LogP contribution in [0.5, 0.6) is 11.5 Å². The van der Waals surface area contributed by atoms with Gasteiger partial charge in [0.15, 0.2) is 18.1 Å². The molecule has 0 radical (unpaired) electrons. The van der Waals surface area contributed by atoms with Crippen LogP contribution in [-0.4, -0.2) is 52.2 Å². The van der Waals surface area contributed by atoms with Gasteiger partial charge in [-0.15, -0.1) is 0 Å². The first-order chi connectivity index (χ1) is 12.1. The molecular weight excluding hydrogens is 322 g/mol. The van der Waals surface area contributed by atoms with Crippen molar-refractivity contribution in [2.45, 2.75) is 19.3 Å². The third kappa shape index (κ3) is 5.94. The Bertz CT molecular complexity index is 586. The van der Waals surface area contributed by atoms with Crippen molar-refractivity contribution in [3.63, 3.8) is 0 Å². The quantitative estimate of drug-likeness (QED) is 0.650. The van der Waals surface area contributed by atoms with Crippen molar-refractivity contribution in [2.75, 3.05) is 40.4 Å². The molecule has 25 heavy (non-hydrogen) atoms. The Morgan fingerprint density at radius 3 is 2.84 bits per heavy atom. The lowest BCUT2D eigenvalue weighted by molar-refractivity contribution is -0.122. The zero-order valence-corrected chi connectivity index (χ0v) is 14.9. The van der Waals surface area contributed by atoms with E-state index in [-0.39, 0.29) is 18.4 Å². The molecule has 1 fully saturated rings. The predicted octanol–water partition coefficient (Wildman–Crippen LogP) is 0.939. The molecule has 1 unspecified atom stereocenters. The average Bonchev–Trinajstić information content (AvgIpc) is 2.66. The third-order valence-electron chi connectivity index (χ3n) is 4.30. The van der Waals surface area contributed by atoms with Crippen molar-refractivity contribution < 1.29 is 19.1 Å². The molecule has 138 valence electrons. The van der Waals surface area contributed by atoms with Crippen LogP contribution in [0.2, 0.25) is 0 Å². The molecular formula is C18H27N3O4. The molecule has 1 aliphatic heterocycles. The second-order valence-corrected chi connectivity index (χ2v) is 6.08. The second kappa shape index (κ2) is 9.88. The molecule has 0 aromatic heterocycles. The number of nitrogens with one attached hydrogen (secondary N) is 3. The molecule has 1 heterocycles. The van der Waals surface area contributed by atoms with Crippen LogP contribution < -0.4 is 25.4 Å².